The summed E-state index contributed by atoms with van der Waals surface area (Å²) >= 11 is 0. The Hall–Kier alpha value is -0.570. The van der Waals surface area contributed by atoms with Gasteiger partial charge in [-0.2, -0.15) is 0 Å². The van der Waals surface area contributed by atoms with Crippen molar-refractivity contribution in [1.82, 2.24) is 4.90 Å². The fourth-order valence-electron chi connectivity index (χ4n) is 3.20. The highest BCUT2D eigenvalue weighted by Gasteiger charge is 2.44. The van der Waals surface area contributed by atoms with Crippen LogP contribution in [0.15, 0.2) is 0 Å². The van der Waals surface area contributed by atoms with Gasteiger partial charge in [0.25, 0.3) is 0 Å². The van der Waals surface area contributed by atoms with Crippen LogP contribution in [0.1, 0.15) is 64.7 Å². The first kappa shape index (κ1) is 13.9. The number of carbonyl (C=O) groups is 1. The van der Waals surface area contributed by atoms with Crippen LogP contribution in [0.3, 0.4) is 0 Å². The third-order valence-electron chi connectivity index (χ3n) is 4.66. The van der Waals surface area contributed by atoms with Crippen molar-refractivity contribution in [3.63, 3.8) is 0 Å². The van der Waals surface area contributed by atoms with Crippen molar-refractivity contribution in [2.24, 2.45) is 11.1 Å². The molecule has 2 aliphatic rings. The Bertz CT molecular complexity index is 280. The van der Waals surface area contributed by atoms with Gasteiger partial charge in [0.1, 0.15) is 0 Å². The maximum atomic E-state index is 12.9. The van der Waals surface area contributed by atoms with Crippen molar-refractivity contribution in [3.8, 4) is 0 Å². The molecule has 2 rings (SSSR count). The Kier molecular flexibility index (Phi) is 4.66. The number of rotatable bonds is 6. The first-order chi connectivity index (χ1) is 8.73. The number of hydrogen-bond acceptors (Lipinski definition) is 2. The molecule has 0 aromatic rings. The molecule has 0 saturated heterocycles. The lowest BCUT2D eigenvalue weighted by atomic mass is 9.73. The van der Waals surface area contributed by atoms with Crippen LogP contribution in [0.25, 0.3) is 0 Å². The van der Waals surface area contributed by atoms with E-state index in [1.807, 2.05) is 0 Å². The smallest absolute Gasteiger partial charge is 0.230 e. The Morgan fingerprint density at radius 2 is 1.94 bits per heavy atom. The van der Waals surface area contributed by atoms with Gasteiger partial charge in [0.05, 0.1) is 5.41 Å². The number of unbranched alkanes of at least 4 members (excludes halogenated alkanes) is 1. The summed E-state index contributed by atoms with van der Waals surface area (Å²) in [5.41, 5.74) is 5.76. The predicted molar refractivity (Wildman–Crippen MR) is 74.2 cm³/mol. The van der Waals surface area contributed by atoms with E-state index in [1.165, 1.54) is 32.1 Å². The van der Waals surface area contributed by atoms with E-state index in [-0.39, 0.29) is 5.41 Å². The third kappa shape index (κ3) is 2.87. The van der Waals surface area contributed by atoms with E-state index in [0.717, 1.165) is 32.2 Å². The predicted octanol–water partition coefficient (Wildman–Crippen LogP) is 2.69. The molecule has 0 aromatic heterocycles. The molecule has 0 bridgehead atoms. The van der Waals surface area contributed by atoms with Crippen molar-refractivity contribution < 1.29 is 4.79 Å². The maximum absolute atomic E-state index is 12.9. The largest absolute Gasteiger partial charge is 0.339 e. The van der Waals surface area contributed by atoms with Gasteiger partial charge in [-0.3, -0.25) is 4.79 Å². The highest BCUT2D eigenvalue weighted by Crippen LogP contribution is 2.40. The molecule has 0 aromatic carbocycles. The SMILES string of the molecule is CCCCN(C(=O)C1(CN)CCCCC1)C1CC1. The number of carbonyl (C=O) groups excluding carboxylic acids is 1. The molecule has 0 atom stereocenters. The number of hydrogen-bond donors (Lipinski definition) is 1. The summed E-state index contributed by atoms with van der Waals surface area (Å²) in [6, 6.07) is 0.536. The van der Waals surface area contributed by atoms with Crippen LogP contribution in [0.2, 0.25) is 0 Å². The Morgan fingerprint density at radius 1 is 1.28 bits per heavy atom. The Morgan fingerprint density at radius 3 is 2.44 bits per heavy atom. The molecule has 0 spiro atoms. The molecule has 2 saturated carbocycles. The monoisotopic (exact) mass is 252 g/mol. The number of amides is 1. The fourth-order valence-corrected chi connectivity index (χ4v) is 3.20. The standard InChI is InChI=1S/C15H28N2O/c1-2-3-11-17(13-7-8-13)14(18)15(12-16)9-5-4-6-10-15/h13H,2-12,16H2,1H3. The summed E-state index contributed by atoms with van der Waals surface area (Å²) in [4.78, 5) is 15.1. The third-order valence-corrected chi connectivity index (χ3v) is 4.66. The van der Waals surface area contributed by atoms with Crippen molar-refractivity contribution in [3.05, 3.63) is 0 Å². The molecule has 2 fully saturated rings. The molecule has 3 heteroatoms. The van der Waals surface area contributed by atoms with Crippen LogP contribution in [-0.4, -0.2) is 29.9 Å². The quantitative estimate of drug-likeness (QED) is 0.790. The first-order valence-electron chi connectivity index (χ1n) is 7.74. The van der Waals surface area contributed by atoms with E-state index >= 15 is 0 Å². The van der Waals surface area contributed by atoms with Crippen molar-refractivity contribution in [2.75, 3.05) is 13.1 Å². The summed E-state index contributed by atoms with van der Waals surface area (Å²) < 4.78 is 0. The van der Waals surface area contributed by atoms with E-state index in [0.29, 0.717) is 18.5 Å². The lowest BCUT2D eigenvalue weighted by Crippen LogP contribution is -2.50. The van der Waals surface area contributed by atoms with Crippen LogP contribution in [0.4, 0.5) is 0 Å². The van der Waals surface area contributed by atoms with Gasteiger partial charge in [-0.15, -0.1) is 0 Å². The summed E-state index contributed by atoms with van der Waals surface area (Å²) in [5.74, 6) is 0.376. The van der Waals surface area contributed by atoms with E-state index < -0.39 is 0 Å². The van der Waals surface area contributed by atoms with Gasteiger partial charge >= 0.3 is 0 Å². The van der Waals surface area contributed by atoms with Crippen LogP contribution in [0, 0.1) is 5.41 Å². The second kappa shape index (κ2) is 6.05. The highest BCUT2D eigenvalue weighted by molar-refractivity contribution is 5.83. The van der Waals surface area contributed by atoms with Crippen molar-refractivity contribution >= 4 is 5.91 Å². The zero-order valence-electron chi connectivity index (χ0n) is 11.8. The maximum Gasteiger partial charge on any atom is 0.230 e. The van der Waals surface area contributed by atoms with E-state index in [9.17, 15) is 4.79 Å². The molecular formula is C15H28N2O. The molecule has 104 valence electrons. The van der Waals surface area contributed by atoms with Crippen LogP contribution in [-0.2, 0) is 4.79 Å². The van der Waals surface area contributed by atoms with Crippen LogP contribution < -0.4 is 5.73 Å². The van der Waals surface area contributed by atoms with Gasteiger partial charge in [0.2, 0.25) is 5.91 Å². The van der Waals surface area contributed by atoms with Crippen LogP contribution >= 0.6 is 0 Å². The normalized spacial score (nSPS) is 22.8. The van der Waals surface area contributed by atoms with Gasteiger partial charge in [0.15, 0.2) is 0 Å². The van der Waals surface area contributed by atoms with Gasteiger partial charge in [-0.05, 0) is 32.1 Å². The minimum atomic E-state index is -0.214. The lowest BCUT2D eigenvalue weighted by molar-refractivity contribution is -0.144. The second-order valence-corrected chi connectivity index (χ2v) is 6.13. The average Bonchev–Trinajstić information content (AvgIpc) is 3.24. The topological polar surface area (TPSA) is 46.3 Å². The average molecular weight is 252 g/mol. The highest BCUT2D eigenvalue weighted by atomic mass is 16.2. The van der Waals surface area contributed by atoms with E-state index in [1.54, 1.807) is 0 Å². The summed E-state index contributed by atoms with van der Waals surface area (Å²) in [6.07, 6.45) is 10.3. The van der Waals surface area contributed by atoms with Gasteiger partial charge < -0.3 is 10.6 Å². The molecule has 0 heterocycles. The number of nitrogens with two attached hydrogens (primary N) is 1. The minimum absolute atomic E-state index is 0.214. The first-order valence-corrected chi connectivity index (χ1v) is 7.74. The van der Waals surface area contributed by atoms with E-state index in [2.05, 4.69) is 11.8 Å². The van der Waals surface area contributed by atoms with Crippen molar-refractivity contribution in [2.45, 2.75) is 70.8 Å². The summed E-state index contributed by atoms with van der Waals surface area (Å²) in [6.45, 7) is 3.68. The van der Waals surface area contributed by atoms with E-state index in [4.69, 9.17) is 5.73 Å². The Balaban J connectivity index is 2.04. The molecule has 1 amide bonds. The molecular weight excluding hydrogens is 224 g/mol. The molecule has 0 radical (unpaired) electrons. The van der Waals surface area contributed by atoms with Gasteiger partial charge in [0, 0.05) is 19.1 Å². The zero-order valence-corrected chi connectivity index (χ0v) is 11.8. The minimum Gasteiger partial charge on any atom is -0.339 e. The Labute approximate surface area is 111 Å². The van der Waals surface area contributed by atoms with Gasteiger partial charge in [-0.1, -0.05) is 32.6 Å². The molecule has 2 N–H and O–H groups in total. The molecule has 0 unspecified atom stereocenters. The molecule has 0 aliphatic heterocycles. The molecule has 18 heavy (non-hydrogen) atoms. The summed E-state index contributed by atoms with van der Waals surface area (Å²) in [5, 5.41) is 0. The lowest BCUT2D eigenvalue weighted by Gasteiger charge is -2.39. The van der Waals surface area contributed by atoms with Gasteiger partial charge in [-0.25, -0.2) is 0 Å². The van der Waals surface area contributed by atoms with Crippen LogP contribution in [0.5, 0.6) is 0 Å². The fraction of sp³-hybridized carbons (Fsp3) is 0.933. The zero-order chi connectivity index (χ0) is 13.0. The second-order valence-electron chi connectivity index (χ2n) is 6.13. The summed E-state index contributed by atoms with van der Waals surface area (Å²) in [7, 11) is 0. The van der Waals surface area contributed by atoms with Crippen molar-refractivity contribution in [1.29, 1.82) is 0 Å². The molecule has 3 nitrogen and oxygen atoms in total. The molecule has 2 aliphatic carbocycles. The number of nitrogens with zero attached hydrogens (tertiary/aromatic N) is 1.